The number of carbonyl (C=O) groups is 1. The third-order valence-electron chi connectivity index (χ3n) is 2.19. The Labute approximate surface area is 113 Å². The summed E-state index contributed by atoms with van der Waals surface area (Å²) in [6.07, 6.45) is 0.510. The predicted molar refractivity (Wildman–Crippen MR) is 73.0 cm³/mol. The maximum atomic E-state index is 11.9. The van der Waals surface area contributed by atoms with Crippen LogP contribution in [0.3, 0.4) is 0 Å². The molecule has 4 heteroatoms. The molecule has 1 aromatic rings. The normalized spacial score (nSPS) is 10.2. The summed E-state index contributed by atoms with van der Waals surface area (Å²) in [5, 5.41) is 1.32. The lowest BCUT2D eigenvalue weighted by molar-refractivity contribution is 0.0988. The molecule has 0 unspecified atom stereocenters. The van der Waals surface area contributed by atoms with Gasteiger partial charge >= 0.3 is 0 Å². The van der Waals surface area contributed by atoms with Crippen molar-refractivity contribution in [2.24, 2.45) is 0 Å². The summed E-state index contributed by atoms with van der Waals surface area (Å²) in [6, 6.07) is 5.60. The third-order valence-corrected chi connectivity index (χ3v) is 3.15. The molecule has 1 rings (SSSR count). The first-order chi connectivity index (χ1) is 7.74. The largest absolute Gasteiger partial charge is 0.494 e. The van der Waals surface area contributed by atoms with Gasteiger partial charge in [0.25, 0.3) is 0 Å². The Morgan fingerprint density at radius 3 is 2.69 bits per heavy atom. The predicted octanol–water partition coefficient (Wildman–Crippen LogP) is 3.95. The van der Waals surface area contributed by atoms with Gasteiger partial charge in [-0.2, -0.15) is 0 Å². The van der Waals surface area contributed by atoms with E-state index in [9.17, 15) is 4.79 Å². The van der Waals surface area contributed by atoms with Gasteiger partial charge in [-0.25, -0.2) is 0 Å². The maximum Gasteiger partial charge on any atom is 0.164 e. The van der Waals surface area contributed by atoms with Crippen LogP contribution in [0.4, 0.5) is 0 Å². The fourth-order valence-electron chi connectivity index (χ4n) is 1.48. The molecule has 1 aromatic carbocycles. The molecule has 0 saturated heterocycles. The molecular weight excluding hydrogens is 336 g/mol. The van der Waals surface area contributed by atoms with E-state index in [-0.39, 0.29) is 5.78 Å². The highest BCUT2D eigenvalue weighted by Crippen LogP contribution is 2.26. The monoisotopic (exact) mass is 348 g/mol. The van der Waals surface area contributed by atoms with Crippen LogP contribution in [0.1, 0.15) is 29.3 Å². The zero-order chi connectivity index (χ0) is 12.0. The molecule has 0 aliphatic heterocycles. The molecule has 0 saturated carbocycles. The van der Waals surface area contributed by atoms with Gasteiger partial charge in [0.2, 0.25) is 0 Å². The van der Waals surface area contributed by atoms with Crippen LogP contribution < -0.4 is 4.74 Å². The van der Waals surface area contributed by atoms with E-state index in [0.717, 1.165) is 16.9 Å². The Hall–Kier alpha value is -0.350. The first kappa shape index (κ1) is 13.7. The molecule has 0 aromatic heterocycles. The smallest absolute Gasteiger partial charge is 0.164 e. The molecule has 0 aliphatic rings. The zero-order valence-electron chi connectivity index (χ0n) is 9.13. The van der Waals surface area contributed by atoms with Crippen molar-refractivity contribution >= 4 is 37.6 Å². The maximum absolute atomic E-state index is 11.9. The summed E-state index contributed by atoms with van der Waals surface area (Å²) in [4.78, 5) is 11.9. The number of Topliss-reactive ketones (excluding diaryl/α,β-unsaturated/α-hetero) is 1. The molecule has 16 heavy (non-hydrogen) atoms. The molecule has 0 radical (unpaired) electrons. The summed E-state index contributed by atoms with van der Waals surface area (Å²) in [5.41, 5.74) is 1.69. The minimum atomic E-state index is 0.146. The number of alkyl halides is 2. The lowest BCUT2D eigenvalue weighted by Gasteiger charge is -2.12. The highest BCUT2D eigenvalue weighted by atomic mass is 79.9. The van der Waals surface area contributed by atoms with Crippen molar-refractivity contribution in [3.63, 3.8) is 0 Å². The van der Waals surface area contributed by atoms with Gasteiger partial charge in [0.05, 0.1) is 6.61 Å². The standard InChI is InChI=1S/C12H14Br2O2/c1-2-16-12-5-3-4-9(10(12)8-14)11(15)6-7-13/h3-5H,2,6-8H2,1H3. The number of ether oxygens (including phenoxy) is 1. The van der Waals surface area contributed by atoms with Gasteiger partial charge in [0.15, 0.2) is 5.78 Å². The van der Waals surface area contributed by atoms with Gasteiger partial charge in [0, 0.05) is 28.2 Å². The number of halogens is 2. The number of rotatable bonds is 6. The Kier molecular flexibility index (Phi) is 6.06. The van der Waals surface area contributed by atoms with Crippen LogP contribution in [0, 0.1) is 0 Å². The third kappa shape index (κ3) is 3.32. The highest BCUT2D eigenvalue weighted by Gasteiger charge is 2.13. The number of carbonyl (C=O) groups excluding carboxylic acids is 1. The van der Waals surface area contributed by atoms with Crippen LogP contribution in [0.25, 0.3) is 0 Å². The molecule has 0 atom stereocenters. The van der Waals surface area contributed by atoms with Crippen molar-refractivity contribution in [1.29, 1.82) is 0 Å². The SMILES string of the molecule is CCOc1cccc(C(=O)CCBr)c1CBr. The Morgan fingerprint density at radius 2 is 2.12 bits per heavy atom. The fourth-order valence-corrected chi connectivity index (χ4v) is 2.41. The average Bonchev–Trinajstić information content (AvgIpc) is 2.29. The summed E-state index contributed by atoms with van der Waals surface area (Å²) < 4.78 is 5.50. The second kappa shape index (κ2) is 7.07. The van der Waals surface area contributed by atoms with E-state index in [4.69, 9.17) is 4.74 Å². The van der Waals surface area contributed by atoms with E-state index in [0.29, 0.717) is 23.7 Å². The number of hydrogen-bond acceptors (Lipinski definition) is 2. The van der Waals surface area contributed by atoms with Gasteiger partial charge in [-0.15, -0.1) is 0 Å². The molecule has 0 bridgehead atoms. The zero-order valence-corrected chi connectivity index (χ0v) is 12.3. The molecular formula is C12H14Br2O2. The van der Waals surface area contributed by atoms with Crippen LogP contribution in [0.5, 0.6) is 5.75 Å². The van der Waals surface area contributed by atoms with Gasteiger partial charge in [-0.3, -0.25) is 4.79 Å². The van der Waals surface area contributed by atoms with Crippen molar-refractivity contribution in [3.05, 3.63) is 29.3 Å². The van der Waals surface area contributed by atoms with Crippen molar-refractivity contribution in [2.75, 3.05) is 11.9 Å². The minimum absolute atomic E-state index is 0.146. The van der Waals surface area contributed by atoms with Crippen molar-refractivity contribution in [3.8, 4) is 5.75 Å². The summed E-state index contributed by atoms with van der Waals surface area (Å²) >= 11 is 6.68. The van der Waals surface area contributed by atoms with Gasteiger partial charge < -0.3 is 4.74 Å². The van der Waals surface area contributed by atoms with E-state index in [1.165, 1.54) is 0 Å². The number of hydrogen-bond donors (Lipinski definition) is 0. The Balaban J connectivity index is 3.08. The average molecular weight is 350 g/mol. The summed E-state index contributed by atoms with van der Waals surface area (Å²) in [6.45, 7) is 2.54. The van der Waals surface area contributed by atoms with Crippen LogP contribution in [0.2, 0.25) is 0 Å². The second-order valence-electron chi connectivity index (χ2n) is 3.21. The molecule has 0 N–H and O–H groups in total. The van der Waals surface area contributed by atoms with Crippen molar-refractivity contribution in [2.45, 2.75) is 18.7 Å². The van der Waals surface area contributed by atoms with Crippen molar-refractivity contribution < 1.29 is 9.53 Å². The molecule has 88 valence electrons. The van der Waals surface area contributed by atoms with E-state index in [1.807, 2.05) is 25.1 Å². The van der Waals surface area contributed by atoms with Gasteiger partial charge in [0.1, 0.15) is 5.75 Å². The topological polar surface area (TPSA) is 26.3 Å². The van der Waals surface area contributed by atoms with Crippen LogP contribution in [-0.4, -0.2) is 17.7 Å². The van der Waals surface area contributed by atoms with Crippen LogP contribution >= 0.6 is 31.9 Å². The number of ketones is 1. The molecule has 2 nitrogen and oxygen atoms in total. The van der Waals surface area contributed by atoms with E-state index in [1.54, 1.807) is 0 Å². The summed E-state index contributed by atoms with van der Waals surface area (Å²) in [5.74, 6) is 0.938. The summed E-state index contributed by atoms with van der Waals surface area (Å²) in [7, 11) is 0. The first-order valence-corrected chi connectivity index (χ1v) is 7.38. The van der Waals surface area contributed by atoms with Crippen LogP contribution in [0.15, 0.2) is 18.2 Å². The van der Waals surface area contributed by atoms with Crippen LogP contribution in [-0.2, 0) is 5.33 Å². The molecule has 0 aliphatic carbocycles. The lowest BCUT2D eigenvalue weighted by Crippen LogP contribution is -2.06. The highest BCUT2D eigenvalue weighted by molar-refractivity contribution is 9.09. The Morgan fingerprint density at radius 1 is 1.38 bits per heavy atom. The number of benzene rings is 1. The lowest BCUT2D eigenvalue weighted by atomic mass is 10.0. The van der Waals surface area contributed by atoms with Gasteiger partial charge in [-0.1, -0.05) is 44.0 Å². The second-order valence-corrected chi connectivity index (χ2v) is 4.56. The van der Waals surface area contributed by atoms with Crippen molar-refractivity contribution in [1.82, 2.24) is 0 Å². The first-order valence-electron chi connectivity index (χ1n) is 5.14. The molecule has 0 fully saturated rings. The van der Waals surface area contributed by atoms with E-state index >= 15 is 0 Å². The fraction of sp³-hybridized carbons (Fsp3) is 0.417. The molecule has 0 heterocycles. The minimum Gasteiger partial charge on any atom is -0.494 e. The molecule has 0 spiro atoms. The Bertz CT molecular complexity index is 364. The van der Waals surface area contributed by atoms with E-state index in [2.05, 4.69) is 31.9 Å². The van der Waals surface area contributed by atoms with E-state index < -0.39 is 0 Å². The van der Waals surface area contributed by atoms with Gasteiger partial charge in [-0.05, 0) is 13.0 Å². The quantitative estimate of drug-likeness (QED) is 0.574. The molecule has 0 amide bonds.